The Labute approximate surface area is 142 Å². The summed E-state index contributed by atoms with van der Waals surface area (Å²) in [5.41, 5.74) is 0.404. The van der Waals surface area contributed by atoms with Gasteiger partial charge in [0.1, 0.15) is 17.7 Å². The van der Waals surface area contributed by atoms with E-state index in [1.165, 1.54) is 20.4 Å². The second-order valence-corrected chi connectivity index (χ2v) is 5.12. The molecule has 0 aliphatic heterocycles. The minimum absolute atomic E-state index is 0.0905. The minimum atomic E-state index is -1.04. The zero-order valence-electron chi connectivity index (χ0n) is 13.6. The standard InChI is InChI=1S/C17H16F2N2O4/c1-24-15-4-3-10(9-20-15)5-14(17(23)25-2)21-16(22)11-6-12(18)8-13(19)7-11/h3-4,6-9,14H,5H2,1-2H3,(H,21,22)/t14-/m1/s1. The van der Waals surface area contributed by atoms with Crippen molar-refractivity contribution in [1.29, 1.82) is 0 Å². The largest absolute Gasteiger partial charge is 0.481 e. The second-order valence-electron chi connectivity index (χ2n) is 5.12. The van der Waals surface area contributed by atoms with Crippen LogP contribution in [-0.4, -0.2) is 37.1 Å². The molecular formula is C17H16F2N2O4. The summed E-state index contributed by atoms with van der Waals surface area (Å²) in [5.74, 6) is -2.87. The number of halogens is 2. The van der Waals surface area contributed by atoms with Gasteiger partial charge in [-0.25, -0.2) is 18.6 Å². The van der Waals surface area contributed by atoms with Crippen LogP contribution in [-0.2, 0) is 16.0 Å². The zero-order valence-corrected chi connectivity index (χ0v) is 13.6. The summed E-state index contributed by atoms with van der Waals surface area (Å²) in [6.45, 7) is 0. The maximum absolute atomic E-state index is 13.2. The Hall–Kier alpha value is -3.03. The molecule has 1 N–H and O–H groups in total. The van der Waals surface area contributed by atoms with E-state index < -0.39 is 29.6 Å². The van der Waals surface area contributed by atoms with Gasteiger partial charge in [-0.05, 0) is 17.7 Å². The van der Waals surface area contributed by atoms with Crippen molar-refractivity contribution in [3.05, 3.63) is 59.3 Å². The van der Waals surface area contributed by atoms with Gasteiger partial charge in [-0.1, -0.05) is 6.07 Å². The van der Waals surface area contributed by atoms with Crippen LogP contribution in [0.5, 0.6) is 5.88 Å². The molecule has 6 nitrogen and oxygen atoms in total. The van der Waals surface area contributed by atoms with Crippen molar-refractivity contribution in [3.8, 4) is 5.88 Å². The second kappa shape index (κ2) is 8.18. The molecule has 25 heavy (non-hydrogen) atoms. The van der Waals surface area contributed by atoms with Crippen LogP contribution in [0.25, 0.3) is 0 Å². The smallest absolute Gasteiger partial charge is 0.328 e. The van der Waals surface area contributed by atoms with Gasteiger partial charge < -0.3 is 14.8 Å². The van der Waals surface area contributed by atoms with E-state index in [0.29, 0.717) is 17.5 Å². The Kier molecular flexibility index (Phi) is 5.99. The highest BCUT2D eigenvalue weighted by Crippen LogP contribution is 2.11. The number of hydrogen-bond acceptors (Lipinski definition) is 5. The Morgan fingerprint density at radius 1 is 1.16 bits per heavy atom. The van der Waals surface area contributed by atoms with E-state index >= 15 is 0 Å². The average molecular weight is 350 g/mol. The molecule has 0 aliphatic carbocycles. The van der Waals surface area contributed by atoms with Gasteiger partial charge in [-0.15, -0.1) is 0 Å². The lowest BCUT2D eigenvalue weighted by molar-refractivity contribution is -0.142. The zero-order chi connectivity index (χ0) is 18.4. The van der Waals surface area contributed by atoms with E-state index in [1.807, 2.05) is 0 Å². The molecule has 0 spiro atoms. The van der Waals surface area contributed by atoms with Gasteiger partial charge in [-0.2, -0.15) is 0 Å². The molecule has 132 valence electrons. The molecule has 1 aromatic heterocycles. The van der Waals surface area contributed by atoms with E-state index in [4.69, 9.17) is 4.74 Å². The lowest BCUT2D eigenvalue weighted by atomic mass is 10.1. The van der Waals surface area contributed by atoms with E-state index in [1.54, 1.807) is 12.1 Å². The fourth-order valence-electron chi connectivity index (χ4n) is 2.15. The topological polar surface area (TPSA) is 77.5 Å². The van der Waals surface area contributed by atoms with Crippen molar-refractivity contribution in [2.75, 3.05) is 14.2 Å². The van der Waals surface area contributed by atoms with Crippen LogP contribution in [0, 0.1) is 11.6 Å². The fourth-order valence-corrected chi connectivity index (χ4v) is 2.15. The summed E-state index contributed by atoms with van der Waals surface area (Å²) in [7, 11) is 2.65. The van der Waals surface area contributed by atoms with Crippen molar-refractivity contribution < 1.29 is 27.8 Å². The highest BCUT2D eigenvalue weighted by atomic mass is 19.1. The highest BCUT2D eigenvalue weighted by molar-refractivity contribution is 5.96. The fraction of sp³-hybridized carbons (Fsp3) is 0.235. The van der Waals surface area contributed by atoms with Crippen molar-refractivity contribution in [2.45, 2.75) is 12.5 Å². The van der Waals surface area contributed by atoms with Crippen LogP contribution in [0.15, 0.2) is 36.5 Å². The number of esters is 1. The summed E-state index contributed by atoms with van der Waals surface area (Å²) in [5, 5.41) is 2.41. The Bertz CT molecular complexity index is 745. The molecule has 1 aromatic carbocycles. The molecule has 2 aromatic rings. The number of methoxy groups -OCH3 is 2. The first-order valence-corrected chi connectivity index (χ1v) is 7.26. The van der Waals surface area contributed by atoms with Crippen molar-refractivity contribution in [1.82, 2.24) is 10.3 Å². The number of benzene rings is 1. The molecule has 0 radical (unpaired) electrons. The Balaban J connectivity index is 2.16. The van der Waals surface area contributed by atoms with Gasteiger partial charge >= 0.3 is 5.97 Å². The number of rotatable bonds is 6. The average Bonchev–Trinajstić information content (AvgIpc) is 2.60. The molecule has 0 saturated carbocycles. The number of pyridine rings is 1. The summed E-state index contributed by atoms with van der Waals surface area (Å²) >= 11 is 0. The number of aromatic nitrogens is 1. The van der Waals surface area contributed by atoms with Gasteiger partial charge in [0.2, 0.25) is 5.88 Å². The molecule has 0 bridgehead atoms. The third-order valence-corrected chi connectivity index (χ3v) is 3.36. The maximum Gasteiger partial charge on any atom is 0.328 e. The van der Waals surface area contributed by atoms with E-state index in [9.17, 15) is 18.4 Å². The van der Waals surface area contributed by atoms with Crippen LogP contribution >= 0.6 is 0 Å². The van der Waals surface area contributed by atoms with Crippen LogP contribution in [0.3, 0.4) is 0 Å². The molecule has 8 heteroatoms. The summed E-state index contributed by atoms with van der Waals surface area (Å²) in [6, 6.07) is 4.64. The Morgan fingerprint density at radius 2 is 1.84 bits per heavy atom. The van der Waals surface area contributed by atoms with Crippen LogP contribution in [0.4, 0.5) is 8.78 Å². The van der Waals surface area contributed by atoms with Gasteiger partial charge in [0, 0.05) is 30.3 Å². The number of amides is 1. The molecule has 1 heterocycles. The normalized spacial score (nSPS) is 11.5. The number of hydrogen-bond donors (Lipinski definition) is 1. The number of carbonyl (C=O) groups is 2. The highest BCUT2D eigenvalue weighted by Gasteiger charge is 2.23. The first-order valence-electron chi connectivity index (χ1n) is 7.26. The molecule has 0 aliphatic rings. The summed E-state index contributed by atoms with van der Waals surface area (Å²) in [6.07, 6.45) is 1.58. The molecular weight excluding hydrogens is 334 g/mol. The van der Waals surface area contributed by atoms with Gasteiger partial charge in [0.15, 0.2) is 0 Å². The quantitative estimate of drug-likeness (QED) is 0.805. The van der Waals surface area contributed by atoms with E-state index in [2.05, 4.69) is 15.0 Å². The van der Waals surface area contributed by atoms with Crippen molar-refractivity contribution >= 4 is 11.9 Å². The predicted octanol–water partition coefficient (Wildman–Crippen LogP) is 1.88. The SMILES string of the molecule is COC(=O)[C@@H](Cc1ccc(OC)nc1)NC(=O)c1cc(F)cc(F)c1. The van der Waals surface area contributed by atoms with Gasteiger partial charge in [-0.3, -0.25) is 4.79 Å². The first-order chi connectivity index (χ1) is 11.9. The third kappa shape index (κ3) is 4.97. The molecule has 1 amide bonds. The van der Waals surface area contributed by atoms with Crippen LogP contribution in [0.1, 0.15) is 15.9 Å². The number of nitrogens with one attached hydrogen (secondary N) is 1. The molecule has 2 rings (SSSR count). The van der Waals surface area contributed by atoms with Crippen molar-refractivity contribution in [3.63, 3.8) is 0 Å². The lowest BCUT2D eigenvalue weighted by Gasteiger charge is -2.16. The van der Waals surface area contributed by atoms with E-state index in [-0.39, 0.29) is 12.0 Å². The van der Waals surface area contributed by atoms with Crippen molar-refractivity contribution in [2.24, 2.45) is 0 Å². The third-order valence-electron chi connectivity index (χ3n) is 3.36. The predicted molar refractivity (Wildman–Crippen MR) is 84.1 cm³/mol. The molecule has 0 unspecified atom stereocenters. The monoisotopic (exact) mass is 350 g/mol. The minimum Gasteiger partial charge on any atom is -0.481 e. The van der Waals surface area contributed by atoms with Gasteiger partial charge in [0.05, 0.1) is 14.2 Å². The summed E-state index contributed by atoms with van der Waals surface area (Å²) < 4.78 is 36.1. The van der Waals surface area contributed by atoms with Crippen LogP contribution < -0.4 is 10.1 Å². The Morgan fingerprint density at radius 3 is 2.36 bits per heavy atom. The maximum atomic E-state index is 13.2. The number of nitrogens with zero attached hydrogens (tertiary/aromatic N) is 1. The summed E-state index contributed by atoms with van der Waals surface area (Å²) in [4.78, 5) is 28.1. The van der Waals surface area contributed by atoms with E-state index in [0.717, 1.165) is 12.1 Å². The lowest BCUT2D eigenvalue weighted by Crippen LogP contribution is -2.43. The van der Waals surface area contributed by atoms with Gasteiger partial charge in [0.25, 0.3) is 5.91 Å². The number of ether oxygens (including phenoxy) is 2. The molecule has 0 fully saturated rings. The molecule has 1 atom stereocenters. The first kappa shape index (κ1) is 18.3. The molecule has 0 saturated heterocycles. The number of carbonyl (C=O) groups excluding carboxylic acids is 2. The van der Waals surface area contributed by atoms with Crippen LogP contribution in [0.2, 0.25) is 0 Å².